The van der Waals surface area contributed by atoms with Crippen molar-refractivity contribution in [3.63, 3.8) is 0 Å². The van der Waals surface area contributed by atoms with Gasteiger partial charge in [0.05, 0.1) is 17.4 Å². The number of fused-ring (bicyclic) bond motifs is 2. The van der Waals surface area contributed by atoms with Crippen LogP contribution in [-0.2, 0) is 0 Å². The number of nitrogens with one attached hydrogen (secondary N) is 1. The highest BCUT2D eigenvalue weighted by atomic mass is 15.3. The Morgan fingerprint density at radius 2 is 1.95 bits per heavy atom. The van der Waals surface area contributed by atoms with Crippen molar-refractivity contribution in [3.05, 3.63) is 60.6 Å². The molecule has 1 N–H and O–H groups in total. The molecular weight excluding hydrogens is 262 g/mol. The molecule has 102 valence electrons. The second-order valence-electron chi connectivity index (χ2n) is 4.94. The first-order valence-electron chi connectivity index (χ1n) is 6.72. The zero-order chi connectivity index (χ0) is 14.2. The van der Waals surface area contributed by atoms with Crippen molar-refractivity contribution in [1.29, 1.82) is 0 Å². The summed E-state index contributed by atoms with van der Waals surface area (Å²) in [4.78, 5) is 8.75. The fourth-order valence-corrected chi connectivity index (χ4v) is 2.50. The quantitative estimate of drug-likeness (QED) is 0.609. The second-order valence-corrected chi connectivity index (χ2v) is 4.94. The molecule has 0 saturated carbocycles. The monoisotopic (exact) mass is 275 g/mol. The number of benzene rings is 1. The zero-order valence-corrected chi connectivity index (χ0v) is 11.5. The number of hydrogen-bond donors (Lipinski definition) is 1. The predicted octanol–water partition coefficient (Wildman–Crippen LogP) is 3.33. The van der Waals surface area contributed by atoms with Gasteiger partial charge in [0.2, 0.25) is 0 Å². The molecule has 5 heteroatoms. The van der Waals surface area contributed by atoms with Crippen molar-refractivity contribution in [2.75, 3.05) is 5.32 Å². The highest BCUT2D eigenvalue weighted by Gasteiger charge is 2.07. The van der Waals surface area contributed by atoms with Gasteiger partial charge in [-0.15, -0.1) is 0 Å². The lowest BCUT2D eigenvalue weighted by molar-refractivity contribution is 0.947. The van der Waals surface area contributed by atoms with E-state index in [1.807, 2.05) is 18.2 Å². The molecule has 3 aromatic heterocycles. The summed E-state index contributed by atoms with van der Waals surface area (Å²) in [5, 5.41) is 8.82. The number of aryl methyl sites for hydroxylation is 1. The van der Waals surface area contributed by atoms with E-state index >= 15 is 0 Å². The Morgan fingerprint density at radius 1 is 1.00 bits per heavy atom. The molecule has 0 amide bonds. The first-order chi connectivity index (χ1) is 10.3. The summed E-state index contributed by atoms with van der Waals surface area (Å²) in [6.45, 7) is 2.08. The fourth-order valence-electron chi connectivity index (χ4n) is 2.50. The average molecular weight is 275 g/mol. The zero-order valence-electron chi connectivity index (χ0n) is 11.5. The van der Waals surface area contributed by atoms with Crippen molar-refractivity contribution in [3.8, 4) is 0 Å². The topological polar surface area (TPSA) is 55.1 Å². The maximum atomic E-state index is 4.48. The third-order valence-electron chi connectivity index (χ3n) is 3.40. The molecule has 4 rings (SSSR count). The Bertz CT molecular complexity index is 942. The molecule has 0 aliphatic carbocycles. The first-order valence-corrected chi connectivity index (χ1v) is 6.72. The molecule has 21 heavy (non-hydrogen) atoms. The summed E-state index contributed by atoms with van der Waals surface area (Å²) >= 11 is 0. The number of anilines is 2. The smallest absolute Gasteiger partial charge is 0.157 e. The third kappa shape index (κ3) is 1.99. The molecule has 4 aromatic rings. The van der Waals surface area contributed by atoms with E-state index in [1.165, 1.54) is 5.56 Å². The number of nitrogens with zero attached hydrogens (tertiary/aromatic N) is 4. The van der Waals surface area contributed by atoms with Crippen molar-refractivity contribution in [1.82, 2.24) is 19.6 Å². The Labute approximate surface area is 121 Å². The minimum Gasteiger partial charge on any atom is -0.338 e. The maximum absolute atomic E-state index is 4.48. The minimum atomic E-state index is 0.810. The average Bonchev–Trinajstić information content (AvgIpc) is 2.96. The van der Waals surface area contributed by atoms with E-state index in [2.05, 4.69) is 45.5 Å². The predicted molar refractivity (Wildman–Crippen MR) is 82.7 cm³/mol. The van der Waals surface area contributed by atoms with E-state index in [0.717, 1.165) is 28.1 Å². The van der Waals surface area contributed by atoms with Gasteiger partial charge in [-0.3, -0.25) is 4.98 Å². The summed E-state index contributed by atoms with van der Waals surface area (Å²) in [5.74, 6) is 0.863. The molecule has 5 nitrogen and oxygen atoms in total. The fraction of sp³-hybridized carbons (Fsp3) is 0.0625. The highest BCUT2D eigenvalue weighted by Crippen LogP contribution is 2.26. The number of aromatic nitrogens is 4. The van der Waals surface area contributed by atoms with Gasteiger partial charge in [0.15, 0.2) is 5.65 Å². The van der Waals surface area contributed by atoms with Crippen LogP contribution in [0.15, 0.2) is 55.0 Å². The molecule has 0 spiro atoms. The molecule has 3 heterocycles. The van der Waals surface area contributed by atoms with Gasteiger partial charge in [0, 0.05) is 23.8 Å². The van der Waals surface area contributed by atoms with Gasteiger partial charge >= 0.3 is 0 Å². The van der Waals surface area contributed by atoms with Crippen LogP contribution in [0.5, 0.6) is 0 Å². The van der Waals surface area contributed by atoms with E-state index in [9.17, 15) is 0 Å². The molecule has 0 unspecified atom stereocenters. The molecule has 0 bridgehead atoms. The standard InChI is InChI=1S/C16H13N5/c1-11-9-12-3-2-6-18-16(12)13(10-11)20-15-4-7-17-14-5-8-19-21(14)15/h2-10,20H,1H3. The van der Waals surface area contributed by atoms with Crippen molar-refractivity contribution in [2.24, 2.45) is 0 Å². The number of pyridine rings is 1. The third-order valence-corrected chi connectivity index (χ3v) is 3.40. The van der Waals surface area contributed by atoms with Gasteiger partial charge in [-0.25, -0.2) is 4.98 Å². The van der Waals surface area contributed by atoms with Crippen LogP contribution in [0.25, 0.3) is 16.6 Å². The molecule has 0 atom stereocenters. The Kier molecular flexibility index (Phi) is 2.57. The van der Waals surface area contributed by atoms with E-state index in [0.29, 0.717) is 0 Å². The van der Waals surface area contributed by atoms with Crippen LogP contribution >= 0.6 is 0 Å². The molecule has 0 aliphatic heterocycles. The molecule has 0 saturated heterocycles. The molecule has 1 aromatic carbocycles. The number of hydrogen-bond acceptors (Lipinski definition) is 4. The van der Waals surface area contributed by atoms with Crippen LogP contribution < -0.4 is 5.32 Å². The minimum absolute atomic E-state index is 0.810. The summed E-state index contributed by atoms with van der Waals surface area (Å²) in [6.07, 6.45) is 5.31. The molecular formula is C16H13N5. The van der Waals surface area contributed by atoms with Crippen LogP contribution in [0.4, 0.5) is 11.5 Å². The lowest BCUT2D eigenvalue weighted by Gasteiger charge is -2.11. The van der Waals surface area contributed by atoms with Crippen LogP contribution in [0.3, 0.4) is 0 Å². The van der Waals surface area contributed by atoms with E-state index < -0.39 is 0 Å². The van der Waals surface area contributed by atoms with E-state index in [1.54, 1.807) is 23.1 Å². The molecule has 0 radical (unpaired) electrons. The van der Waals surface area contributed by atoms with Crippen LogP contribution in [0.1, 0.15) is 5.56 Å². The van der Waals surface area contributed by atoms with Gasteiger partial charge in [-0.1, -0.05) is 6.07 Å². The largest absolute Gasteiger partial charge is 0.338 e. The normalized spacial score (nSPS) is 11.1. The number of rotatable bonds is 2. The highest BCUT2D eigenvalue weighted by molar-refractivity contribution is 5.92. The van der Waals surface area contributed by atoms with Crippen molar-refractivity contribution < 1.29 is 0 Å². The lowest BCUT2D eigenvalue weighted by atomic mass is 10.1. The summed E-state index contributed by atoms with van der Waals surface area (Å²) < 4.78 is 1.77. The van der Waals surface area contributed by atoms with Crippen molar-refractivity contribution in [2.45, 2.75) is 6.92 Å². The summed E-state index contributed by atoms with van der Waals surface area (Å²) in [7, 11) is 0. The first kappa shape index (κ1) is 11.8. The van der Waals surface area contributed by atoms with E-state index in [4.69, 9.17) is 0 Å². The van der Waals surface area contributed by atoms with E-state index in [-0.39, 0.29) is 0 Å². The summed E-state index contributed by atoms with van der Waals surface area (Å²) in [6, 6.07) is 12.0. The Hall–Kier alpha value is -2.95. The second kappa shape index (κ2) is 4.56. The Morgan fingerprint density at radius 3 is 2.90 bits per heavy atom. The lowest BCUT2D eigenvalue weighted by Crippen LogP contribution is -2.01. The van der Waals surface area contributed by atoms with Gasteiger partial charge in [-0.05, 0) is 36.8 Å². The van der Waals surface area contributed by atoms with Gasteiger partial charge in [0.25, 0.3) is 0 Å². The van der Waals surface area contributed by atoms with Crippen molar-refractivity contribution >= 4 is 28.1 Å². The van der Waals surface area contributed by atoms with Crippen LogP contribution in [0.2, 0.25) is 0 Å². The molecule has 0 aliphatic rings. The van der Waals surface area contributed by atoms with Gasteiger partial charge in [-0.2, -0.15) is 9.61 Å². The Balaban J connectivity index is 1.89. The van der Waals surface area contributed by atoms with Gasteiger partial charge < -0.3 is 5.32 Å². The maximum Gasteiger partial charge on any atom is 0.157 e. The summed E-state index contributed by atoms with van der Waals surface area (Å²) in [5.41, 5.74) is 3.91. The van der Waals surface area contributed by atoms with Crippen LogP contribution in [0, 0.1) is 6.92 Å². The molecule has 0 fully saturated rings. The SMILES string of the molecule is Cc1cc(Nc2ccnc3ccnn23)c2ncccc2c1. The van der Waals surface area contributed by atoms with Crippen LogP contribution in [-0.4, -0.2) is 19.6 Å². The van der Waals surface area contributed by atoms with Gasteiger partial charge in [0.1, 0.15) is 5.82 Å².